The van der Waals surface area contributed by atoms with Crippen LogP contribution in [0.25, 0.3) is 0 Å². The van der Waals surface area contributed by atoms with Gasteiger partial charge in [0, 0.05) is 50.4 Å². The third-order valence-electron chi connectivity index (χ3n) is 7.42. The summed E-state index contributed by atoms with van der Waals surface area (Å²) >= 11 is 6.06. The third-order valence-corrected chi connectivity index (χ3v) is 9.70. The first-order chi connectivity index (χ1) is 18.2. The Labute approximate surface area is 232 Å². The number of likely N-dealkylation sites (tertiary alicyclic amines) is 1. The van der Waals surface area contributed by atoms with E-state index in [9.17, 15) is 18.0 Å². The van der Waals surface area contributed by atoms with Crippen LogP contribution in [0.2, 0.25) is 5.02 Å². The van der Waals surface area contributed by atoms with E-state index in [-0.39, 0.29) is 49.5 Å². The second-order valence-corrected chi connectivity index (χ2v) is 12.8. The van der Waals surface area contributed by atoms with Crippen LogP contribution in [0.5, 0.6) is 0 Å². The third kappa shape index (κ3) is 9.10. The van der Waals surface area contributed by atoms with Crippen molar-refractivity contribution in [1.82, 2.24) is 19.4 Å². The number of carbonyl (C=O) groups excluding carboxylic acids is 2. The van der Waals surface area contributed by atoms with Crippen molar-refractivity contribution in [2.24, 2.45) is 0 Å². The zero-order chi connectivity index (χ0) is 27.5. The molecule has 1 aliphatic carbocycles. The smallest absolute Gasteiger partial charge is 0.317 e. The molecular weight excluding hydrogens is 528 g/mol. The summed E-state index contributed by atoms with van der Waals surface area (Å²) in [5, 5.41) is 3.79. The van der Waals surface area contributed by atoms with Crippen LogP contribution in [0.4, 0.5) is 4.79 Å². The lowest BCUT2D eigenvalue weighted by atomic mass is 9.95. The predicted molar refractivity (Wildman–Crippen MR) is 150 cm³/mol. The molecule has 0 aromatic heterocycles. The summed E-state index contributed by atoms with van der Waals surface area (Å²) in [5.74, 6) is -0.267. The van der Waals surface area contributed by atoms with Gasteiger partial charge in [0.15, 0.2) is 0 Å². The van der Waals surface area contributed by atoms with Crippen molar-refractivity contribution >= 4 is 33.6 Å². The van der Waals surface area contributed by atoms with E-state index in [0.717, 1.165) is 31.2 Å². The molecule has 38 heavy (non-hydrogen) atoms. The summed E-state index contributed by atoms with van der Waals surface area (Å²) < 4.78 is 32.1. The molecule has 0 radical (unpaired) electrons. The molecule has 3 amide bonds. The Balaban J connectivity index is 1.70. The number of amides is 3. The van der Waals surface area contributed by atoms with Gasteiger partial charge in [-0.05, 0) is 49.8 Å². The van der Waals surface area contributed by atoms with Gasteiger partial charge in [0.1, 0.15) is 0 Å². The first-order valence-corrected chi connectivity index (χ1v) is 15.8. The maximum atomic E-state index is 13.7. The van der Waals surface area contributed by atoms with Crippen molar-refractivity contribution in [3.63, 3.8) is 0 Å². The monoisotopic (exact) mass is 570 g/mol. The molecule has 1 saturated carbocycles. The lowest BCUT2D eigenvalue weighted by Crippen LogP contribution is -2.54. The van der Waals surface area contributed by atoms with Crippen LogP contribution in [0.1, 0.15) is 63.9 Å². The summed E-state index contributed by atoms with van der Waals surface area (Å²) in [7, 11) is -2.08. The number of nitrogens with zero attached hydrogens (tertiary/aromatic N) is 3. The number of carbonyl (C=O) groups is 2. The average Bonchev–Trinajstić information content (AvgIpc) is 2.91. The van der Waals surface area contributed by atoms with Crippen molar-refractivity contribution in [2.45, 2.75) is 76.9 Å². The second kappa shape index (κ2) is 15.1. The van der Waals surface area contributed by atoms with E-state index < -0.39 is 10.0 Å². The molecule has 11 heteroatoms. The highest BCUT2D eigenvalue weighted by Gasteiger charge is 2.33. The Morgan fingerprint density at radius 2 is 1.74 bits per heavy atom. The normalized spacial score (nSPS) is 17.5. The van der Waals surface area contributed by atoms with Gasteiger partial charge < -0.3 is 19.9 Å². The number of piperidine rings is 1. The highest BCUT2D eigenvalue weighted by atomic mass is 35.5. The number of hydrogen-bond acceptors (Lipinski definition) is 5. The number of ether oxygens (including phenoxy) is 1. The van der Waals surface area contributed by atoms with Crippen molar-refractivity contribution in [3.8, 4) is 0 Å². The molecule has 0 bridgehead atoms. The second-order valence-electron chi connectivity index (χ2n) is 10.3. The van der Waals surface area contributed by atoms with E-state index in [1.807, 2.05) is 17.0 Å². The summed E-state index contributed by atoms with van der Waals surface area (Å²) in [4.78, 5) is 30.1. The van der Waals surface area contributed by atoms with Gasteiger partial charge in [-0.1, -0.05) is 49.9 Å². The Morgan fingerprint density at radius 1 is 1.08 bits per heavy atom. The number of methoxy groups -OCH3 is 1. The molecular formula is C27H43ClN4O5S. The molecule has 1 aromatic rings. The number of sulfonamides is 1. The molecule has 1 heterocycles. The number of halogens is 1. The lowest BCUT2D eigenvalue weighted by molar-refractivity contribution is -0.135. The van der Waals surface area contributed by atoms with Crippen LogP contribution in [-0.2, 0) is 26.1 Å². The molecule has 1 aromatic carbocycles. The largest absolute Gasteiger partial charge is 0.383 e. The minimum atomic E-state index is -3.59. The van der Waals surface area contributed by atoms with E-state index in [1.54, 1.807) is 24.0 Å². The van der Waals surface area contributed by atoms with Crippen molar-refractivity contribution in [3.05, 3.63) is 34.9 Å². The fourth-order valence-corrected chi connectivity index (χ4v) is 6.80. The van der Waals surface area contributed by atoms with E-state index in [1.165, 1.54) is 17.8 Å². The molecule has 0 unspecified atom stereocenters. The Kier molecular flexibility index (Phi) is 12.1. The summed E-state index contributed by atoms with van der Waals surface area (Å²) in [6, 6.07) is 7.46. The first-order valence-electron chi connectivity index (χ1n) is 13.8. The van der Waals surface area contributed by atoms with Crippen LogP contribution in [0.3, 0.4) is 0 Å². The van der Waals surface area contributed by atoms with E-state index >= 15 is 0 Å². The fraction of sp³-hybridized carbons (Fsp3) is 0.704. The molecule has 2 fully saturated rings. The van der Waals surface area contributed by atoms with Crippen LogP contribution >= 0.6 is 11.6 Å². The first kappa shape index (κ1) is 30.7. The van der Waals surface area contributed by atoms with Crippen molar-refractivity contribution < 1.29 is 22.7 Å². The van der Waals surface area contributed by atoms with Crippen molar-refractivity contribution in [2.75, 3.05) is 45.6 Å². The number of nitrogens with one attached hydrogen (secondary N) is 1. The van der Waals surface area contributed by atoms with Crippen LogP contribution in [-0.4, -0.2) is 92.2 Å². The molecule has 1 saturated heterocycles. The lowest BCUT2D eigenvalue weighted by Gasteiger charge is -2.40. The molecule has 0 atom stereocenters. The minimum Gasteiger partial charge on any atom is -0.383 e. The molecule has 0 spiro atoms. The summed E-state index contributed by atoms with van der Waals surface area (Å²) in [5.41, 5.74) is 0.917. The Hall–Kier alpha value is -1.88. The number of hydrogen-bond donors (Lipinski definition) is 1. The zero-order valence-electron chi connectivity index (χ0n) is 22.7. The van der Waals surface area contributed by atoms with E-state index in [4.69, 9.17) is 16.3 Å². The maximum Gasteiger partial charge on any atom is 0.317 e. The predicted octanol–water partition coefficient (Wildman–Crippen LogP) is 3.86. The molecule has 1 N–H and O–H groups in total. The van der Waals surface area contributed by atoms with Crippen molar-refractivity contribution in [1.29, 1.82) is 0 Å². The molecule has 214 valence electrons. The molecule has 2 aliphatic rings. The van der Waals surface area contributed by atoms with Gasteiger partial charge >= 0.3 is 6.03 Å². The summed E-state index contributed by atoms with van der Waals surface area (Å²) in [6.07, 6.45) is 7.36. The molecule has 3 rings (SSSR count). The topological polar surface area (TPSA) is 99.3 Å². The van der Waals surface area contributed by atoms with Gasteiger partial charge in [-0.15, -0.1) is 0 Å². The Bertz CT molecular complexity index is 993. The highest BCUT2D eigenvalue weighted by Crippen LogP contribution is 2.23. The Morgan fingerprint density at radius 3 is 2.34 bits per heavy atom. The number of benzene rings is 1. The van der Waals surface area contributed by atoms with Gasteiger partial charge in [0.2, 0.25) is 15.9 Å². The highest BCUT2D eigenvalue weighted by molar-refractivity contribution is 7.89. The van der Waals surface area contributed by atoms with E-state index in [0.29, 0.717) is 43.9 Å². The number of urea groups is 1. The number of rotatable bonds is 12. The van der Waals surface area contributed by atoms with Crippen LogP contribution < -0.4 is 5.32 Å². The van der Waals surface area contributed by atoms with E-state index in [2.05, 4.69) is 5.32 Å². The van der Waals surface area contributed by atoms with Gasteiger partial charge in [-0.2, -0.15) is 4.31 Å². The van der Waals surface area contributed by atoms with Gasteiger partial charge in [-0.3, -0.25) is 4.79 Å². The zero-order valence-corrected chi connectivity index (χ0v) is 24.3. The van der Waals surface area contributed by atoms with Gasteiger partial charge in [0.25, 0.3) is 0 Å². The van der Waals surface area contributed by atoms with Gasteiger partial charge in [0.05, 0.1) is 18.9 Å². The standard InChI is InChI=1S/C27H43ClN4O5S/c1-3-19-38(35,36)31(17-18-37-2)21-26(33)32(20-22-9-11-23(28)12-10-22)25-13-15-30(16-14-25)27(34)29-24-7-5-4-6-8-24/h9-12,24-25H,3-8,13-21H2,1-2H3,(H,29,34). The average molecular weight is 571 g/mol. The minimum absolute atomic E-state index is 0.0182. The molecule has 9 nitrogen and oxygen atoms in total. The van der Waals surface area contributed by atoms with Gasteiger partial charge in [-0.25, -0.2) is 13.2 Å². The summed E-state index contributed by atoms with van der Waals surface area (Å²) in [6.45, 7) is 3.35. The molecule has 1 aliphatic heterocycles. The van der Waals surface area contributed by atoms with Crippen LogP contribution in [0.15, 0.2) is 24.3 Å². The fourth-order valence-electron chi connectivity index (χ4n) is 5.24. The maximum absolute atomic E-state index is 13.7. The van der Waals surface area contributed by atoms with Crippen LogP contribution in [0, 0.1) is 0 Å². The SMILES string of the molecule is CCCS(=O)(=O)N(CCOC)CC(=O)N(Cc1ccc(Cl)cc1)C1CCN(C(=O)NC2CCCCC2)CC1. The quantitative estimate of drug-likeness (QED) is 0.411.